The summed E-state index contributed by atoms with van der Waals surface area (Å²) in [5, 5.41) is 16.4. The molecule has 0 bridgehead atoms. The van der Waals surface area contributed by atoms with E-state index in [1.54, 1.807) is 0 Å². The monoisotopic (exact) mass is 212 g/mol. The van der Waals surface area contributed by atoms with Crippen LogP contribution in [0.1, 0.15) is 39.0 Å². The van der Waals surface area contributed by atoms with Crippen LogP contribution in [0.15, 0.2) is 4.42 Å². The molecule has 1 aromatic heterocycles. The van der Waals surface area contributed by atoms with Crippen molar-refractivity contribution in [3.05, 3.63) is 11.8 Å². The maximum atomic E-state index is 10.6. The highest BCUT2D eigenvalue weighted by Crippen LogP contribution is 2.25. The number of hydrogen-bond donors (Lipinski definition) is 1. The molecule has 0 spiro atoms. The van der Waals surface area contributed by atoms with Gasteiger partial charge in [-0.3, -0.25) is 4.79 Å². The van der Waals surface area contributed by atoms with Crippen LogP contribution in [0.3, 0.4) is 0 Å². The van der Waals surface area contributed by atoms with Crippen molar-refractivity contribution < 1.29 is 14.3 Å². The summed E-state index contributed by atoms with van der Waals surface area (Å²) < 4.78 is 5.34. The van der Waals surface area contributed by atoms with Crippen LogP contribution in [0, 0.1) is 5.41 Å². The summed E-state index contributed by atoms with van der Waals surface area (Å²) in [5.74, 6) is 0.296. The fraction of sp³-hybridized carbons (Fsp3) is 0.700. The third-order valence-corrected chi connectivity index (χ3v) is 2.07. The van der Waals surface area contributed by atoms with Crippen LogP contribution in [0.2, 0.25) is 0 Å². The fourth-order valence-electron chi connectivity index (χ4n) is 1.38. The number of carboxylic acid groups (broad SMARTS) is 1. The molecule has 0 radical (unpaired) electrons. The molecule has 15 heavy (non-hydrogen) atoms. The van der Waals surface area contributed by atoms with Gasteiger partial charge in [-0.2, -0.15) is 0 Å². The lowest BCUT2D eigenvalue weighted by atomic mass is 9.86. The van der Waals surface area contributed by atoms with Gasteiger partial charge in [-0.15, -0.1) is 10.2 Å². The molecule has 5 heteroatoms. The first kappa shape index (κ1) is 11.7. The van der Waals surface area contributed by atoms with Crippen LogP contribution in [0.4, 0.5) is 0 Å². The largest absolute Gasteiger partial charge is 0.481 e. The first-order valence-electron chi connectivity index (χ1n) is 4.96. The topological polar surface area (TPSA) is 76.2 Å². The summed E-state index contributed by atoms with van der Waals surface area (Å²) in [6, 6.07) is 0. The molecule has 0 atom stereocenters. The molecule has 0 fully saturated rings. The summed E-state index contributed by atoms with van der Waals surface area (Å²) in [6.07, 6.45) is 1.29. The van der Waals surface area contributed by atoms with Gasteiger partial charge in [-0.05, 0) is 5.41 Å². The molecular weight excluding hydrogens is 196 g/mol. The zero-order valence-electron chi connectivity index (χ0n) is 9.28. The predicted octanol–water partition coefficient (Wildman–Crippen LogP) is 1.68. The Bertz CT molecular complexity index is 344. The molecular formula is C10H16N2O3. The summed E-state index contributed by atoms with van der Waals surface area (Å²) in [6.45, 7) is 5.67. The number of nitrogens with zero attached hydrogens (tertiary/aromatic N) is 2. The van der Waals surface area contributed by atoms with Crippen LogP contribution < -0.4 is 0 Å². The van der Waals surface area contributed by atoms with Crippen molar-refractivity contribution in [3.8, 4) is 0 Å². The highest BCUT2D eigenvalue weighted by Gasteiger charge is 2.24. The number of carboxylic acids is 1. The van der Waals surface area contributed by atoms with Crippen molar-refractivity contribution in [3.63, 3.8) is 0 Å². The van der Waals surface area contributed by atoms with Gasteiger partial charge in [-0.1, -0.05) is 20.8 Å². The molecule has 0 aromatic carbocycles. The molecule has 1 heterocycles. The molecule has 0 amide bonds. The van der Waals surface area contributed by atoms with Gasteiger partial charge in [0.2, 0.25) is 11.8 Å². The van der Waals surface area contributed by atoms with Crippen molar-refractivity contribution in [2.75, 3.05) is 0 Å². The zero-order valence-corrected chi connectivity index (χ0v) is 9.28. The average Bonchev–Trinajstić information content (AvgIpc) is 2.48. The SMILES string of the molecule is CCc1nnc(CC(C)(C)CC(=O)O)o1. The van der Waals surface area contributed by atoms with Gasteiger partial charge < -0.3 is 9.52 Å². The third-order valence-electron chi connectivity index (χ3n) is 2.07. The highest BCUT2D eigenvalue weighted by atomic mass is 16.4. The summed E-state index contributed by atoms with van der Waals surface area (Å²) in [5.41, 5.74) is -0.358. The molecule has 0 aliphatic rings. The summed E-state index contributed by atoms with van der Waals surface area (Å²) in [7, 11) is 0. The Kier molecular flexibility index (Phi) is 3.44. The normalized spacial score (nSPS) is 11.7. The lowest BCUT2D eigenvalue weighted by molar-refractivity contribution is -0.139. The third kappa shape index (κ3) is 3.69. The molecule has 0 saturated carbocycles. The molecule has 1 N–H and O–H groups in total. The summed E-state index contributed by atoms with van der Waals surface area (Å²) >= 11 is 0. The van der Waals surface area contributed by atoms with Crippen LogP contribution in [0.5, 0.6) is 0 Å². The number of carbonyl (C=O) groups is 1. The van der Waals surface area contributed by atoms with E-state index in [-0.39, 0.29) is 11.8 Å². The van der Waals surface area contributed by atoms with Crippen LogP contribution in [-0.4, -0.2) is 21.3 Å². The Labute approximate surface area is 88.5 Å². The smallest absolute Gasteiger partial charge is 0.303 e. The van der Waals surface area contributed by atoms with E-state index in [1.807, 2.05) is 20.8 Å². The van der Waals surface area contributed by atoms with Crippen LogP contribution in [-0.2, 0) is 17.6 Å². The van der Waals surface area contributed by atoms with E-state index in [1.165, 1.54) is 0 Å². The van der Waals surface area contributed by atoms with Crippen LogP contribution >= 0.6 is 0 Å². The Morgan fingerprint density at radius 3 is 2.47 bits per heavy atom. The molecule has 0 aliphatic heterocycles. The number of rotatable bonds is 5. The predicted molar refractivity (Wildman–Crippen MR) is 53.4 cm³/mol. The molecule has 1 aromatic rings. The lowest BCUT2D eigenvalue weighted by Gasteiger charge is -2.19. The van der Waals surface area contributed by atoms with Gasteiger partial charge in [-0.25, -0.2) is 0 Å². The van der Waals surface area contributed by atoms with E-state index in [4.69, 9.17) is 9.52 Å². The summed E-state index contributed by atoms with van der Waals surface area (Å²) in [4.78, 5) is 10.6. The molecule has 84 valence electrons. The Morgan fingerprint density at radius 1 is 1.40 bits per heavy atom. The molecule has 1 rings (SSSR count). The van der Waals surface area contributed by atoms with Gasteiger partial charge in [0.1, 0.15) is 0 Å². The fourth-order valence-corrected chi connectivity index (χ4v) is 1.38. The second-order valence-corrected chi connectivity index (χ2v) is 4.35. The zero-order chi connectivity index (χ0) is 11.5. The first-order chi connectivity index (χ1) is 6.93. The minimum Gasteiger partial charge on any atom is -0.481 e. The van der Waals surface area contributed by atoms with E-state index in [0.29, 0.717) is 24.6 Å². The van der Waals surface area contributed by atoms with Crippen molar-refractivity contribution in [1.29, 1.82) is 0 Å². The standard InChI is InChI=1S/C10H16N2O3/c1-4-7-11-12-8(15-7)5-10(2,3)6-9(13)14/h4-6H2,1-3H3,(H,13,14). The lowest BCUT2D eigenvalue weighted by Crippen LogP contribution is -2.19. The maximum Gasteiger partial charge on any atom is 0.303 e. The van der Waals surface area contributed by atoms with Crippen LogP contribution in [0.25, 0.3) is 0 Å². The number of hydrogen-bond acceptors (Lipinski definition) is 4. The number of aliphatic carboxylic acids is 1. The average molecular weight is 212 g/mol. The van der Waals surface area contributed by atoms with Gasteiger partial charge >= 0.3 is 5.97 Å². The van der Waals surface area contributed by atoms with E-state index >= 15 is 0 Å². The van der Waals surface area contributed by atoms with Crippen molar-refractivity contribution in [1.82, 2.24) is 10.2 Å². The Morgan fingerprint density at radius 2 is 2.00 bits per heavy atom. The minimum atomic E-state index is -0.810. The second-order valence-electron chi connectivity index (χ2n) is 4.35. The van der Waals surface area contributed by atoms with Gasteiger partial charge in [0.25, 0.3) is 0 Å². The quantitative estimate of drug-likeness (QED) is 0.803. The number of aromatic nitrogens is 2. The minimum absolute atomic E-state index is 0.0941. The van der Waals surface area contributed by atoms with E-state index in [0.717, 1.165) is 0 Å². The van der Waals surface area contributed by atoms with Gasteiger partial charge in [0.05, 0.1) is 6.42 Å². The molecule has 0 saturated heterocycles. The maximum absolute atomic E-state index is 10.6. The van der Waals surface area contributed by atoms with Gasteiger partial charge in [0, 0.05) is 12.8 Å². The van der Waals surface area contributed by atoms with Crippen molar-refractivity contribution >= 4 is 5.97 Å². The van der Waals surface area contributed by atoms with Crippen molar-refractivity contribution in [2.45, 2.75) is 40.0 Å². The number of aryl methyl sites for hydroxylation is 1. The van der Waals surface area contributed by atoms with Gasteiger partial charge in [0.15, 0.2) is 0 Å². The van der Waals surface area contributed by atoms with E-state index < -0.39 is 5.97 Å². The highest BCUT2D eigenvalue weighted by molar-refractivity contribution is 5.67. The molecule has 0 unspecified atom stereocenters. The first-order valence-corrected chi connectivity index (χ1v) is 4.96. The Hall–Kier alpha value is -1.39. The molecule has 0 aliphatic carbocycles. The Balaban J connectivity index is 2.63. The van der Waals surface area contributed by atoms with E-state index in [2.05, 4.69) is 10.2 Å². The van der Waals surface area contributed by atoms with Crippen molar-refractivity contribution in [2.24, 2.45) is 5.41 Å². The second kappa shape index (κ2) is 4.42. The molecule has 5 nitrogen and oxygen atoms in total. The van der Waals surface area contributed by atoms with E-state index in [9.17, 15) is 4.79 Å².